The van der Waals surface area contributed by atoms with Gasteiger partial charge in [-0.25, -0.2) is 4.98 Å². The number of hydrogen-bond acceptors (Lipinski definition) is 6. The molecule has 1 aliphatic carbocycles. The fraction of sp³-hybridized carbons (Fsp3) is 0.571. The second-order valence-electron chi connectivity index (χ2n) is 8.19. The molecule has 1 amide bonds. The second kappa shape index (κ2) is 7.57. The van der Waals surface area contributed by atoms with Crippen LogP contribution in [0.15, 0.2) is 17.1 Å². The van der Waals surface area contributed by atoms with Gasteiger partial charge in [0.2, 0.25) is 5.91 Å². The lowest BCUT2D eigenvalue weighted by Gasteiger charge is -2.33. The Bertz CT molecular complexity index is 992. The summed E-state index contributed by atoms with van der Waals surface area (Å²) in [5, 5.41) is 1.08. The number of thiazole rings is 1. The zero-order valence-electron chi connectivity index (χ0n) is 16.7. The fourth-order valence-electron chi connectivity index (χ4n) is 4.55. The molecule has 29 heavy (non-hydrogen) atoms. The summed E-state index contributed by atoms with van der Waals surface area (Å²) in [6.45, 7) is 4.59. The lowest BCUT2D eigenvalue weighted by molar-refractivity contribution is -0.136. The Balaban J connectivity index is 1.29. The van der Waals surface area contributed by atoms with E-state index in [2.05, 4.69) is 4.90 Å². The third kappa shape index (κ3) is 3.59. The molecular formula is C21H26N4O3S. The highest BCUT2D eigenvalue weighted by Gasteiger charge is 2.32. The topological polar surface area (TPSA) is 67.7 Å². The number of rotatable bonds is 2. The summed E-state index contributed by atoms with van der Waals surface area (Å²) >= 11 is 1.79. The van der Waals surface area contributed by atoms with Crippen LogP contribution >= 0.6 is 11.3 Å². The van der Waals surface area contributed by atoms with Crippen molar-refractivity contribution in [2.45, 2.75) is 32.2 Å². The normalized spacial score (nSPS) is 21.6. The third-order valence-corrected chi connectivity index (χ3v) is 7.51. The van der Waals surface area contributed by atoms with Gasteiger partial charge in [0.15, 0.2) is 5.13 Å². The van der Waals surface area contributed by atoms with Crippen molar-refractivity contribution in [3.05, 3.63) is 44.3 Å². The monoisotopic (exact) mass is 414 g/mol. The van der Waals surface area contributed by atoms with E-state index in [4.69, 9.17) is 9.72 Å². The Morgan fingerprint density at radius 3 is 2.86 bits per heavy atom. The van der Waals surface area contributed by atoms with Crippen LogP contribution in [-0.2, 0) is 42.4 Å². The van der Waals surface area contributed by atoms with E-state index in [1.807, 2.05) is 11.1 Å². The van der Waals surface area contributed by atoms with Crippen molar-refractivity contribution in [1.82, 2.24) is 14.5 Å². The number of carbonyl (C=O) groups is 1. The van der Waals surface area contributed by atoms with Gasteiger partial charge in [-0.2, -0.15) is 0 Å². The number of amides is 1. The molecular weight excluding hydrogens is 388 g/mol. The number of aryl methyl sites for hydroxylation is 2. The first-order valence-electron chi connectivity index (χ1n) is 10.4. The maximum atomic E-state index is 13.2. The Hall–Kier alpha value is -2.19. The number of carbonyl (C=O) groups excluding carboxylic acids is 1. The highest BCUT2D eigenvalue weighted by atomic mass is 32.1. The van der Waals surface area contributed by atoms with Crippen LogP contribution in [0.25, 0.3) is 0 Å². The standard InChI is InChI=1S/C21H26N4O3S/c1-23-12-16-13-25(5-4-14(16)11-19(23)26)20(27)15-2-3-18-17(10-15)22-21(29-18)24-6-8-28-9-7-24/h11-12,15H,2-10,13H2,1H3. The zero-order chi connectivity index (χ0) is 20.0. The number of ether oxygens (including phenoxy) is 1. The average molecular weight is 415 g/mol. The molecule has 2 aromatic heterocycles. The van der Waals surface area contributed by atoms with E-state index in [-0.39, 0.29) is 17.4 Å². The van der Waals surface area contributed by atoms with Crippen molar-refractivity contribution in [1.29, 1.82) is 0 Å². The molecule has 8 heteroatoms. The molecule has 5 rings (SSSR count). The van der Waals surface area contributed by atoms with Crippen LogP contribution in [0.4, 0.5) is 5.13 Å². The molecule has 3 aliphatic rings. The van der Waals surface area contributed by atoms with Gasteiger partial charge < -0.3 is 19.1 Å². The highest BCUT2D eigenvalue weighted by Crippen LogP contribution is 2.35. The lowest BCUT2D eigenvalue weighted by atomic mass is 9.89. The van der Waals surface area contributed by atoms with Crippen LogP contribution in [0.3, 0.4) is 0 Å². The molecule has 0 spiro atoms. The summed E-state index contributed by atoms with van der Waals surface area (Å²) in [5.41, 5.74) is 3.30. The number of aromatic nitrogens is 2. The molecule has 1 unspecified atom stereocenters. The first-order chi connectivity index (χ1) is 14.1. The van der Waals surface area contributed by atoms with E-state index in [1.54, 1.807) is 29.0 Å². The van der Waals surface area contributed by atoms with E-state index in [0.717, 1.165) is 73.9 Å². The number of fused-ring (bicyclic) bond motifs is 2. The van der Waals surface area contributed by atoms with E-state index < -0.39 is 0 Å². The predicted molar refractivity (Wildman–Crippen MR) is 111 cm³/mol. The minimum absolute atomic E-state index is 0.0104. The molecule has 0 radical (unpaired) electrons. The van der Waals surface area contributed by atoms with Crippen molar-refractivity contribution < 1.29 is 9.53 Å². The Kier molecular flexibility index (Phi) is 4.91. The zero-order valence-corrected chi connectivity index (χ0v) is 17.5. The van der Waals surface area contributed by atoms with Gasteiger partial charge in [0.05, 0.1) is 18.9 Å². The van der Waals surface area contributed by atoms with Crippen LogP contribution in [0.1, 0.15) is 28.1 Å². The van der Waals surface area contributed by atoms with Crippen LogP contribution in [0, 0.1) is 5.92 Å². The van der Waals surface area contributed by atoms with Crippen molar-refractivity contribution >= 4 is 22.4 Å². The SMILES string of the molecule is Cn1cc2c(cc1=O)CCN(C(=O)C1CCc3sc(N4CCOCC4)nc3C1)C2. The predicted octanol–water partition coefficient (Wildman–Crippen LogP) is 1.37. The van der Waals surface area contributed by atoms with Gasteiger partial charge >= 0.3 is 0 Å². The van der Waals surface area contributed by atoms with Gasteiger partial charge in [-0.3, -0.25) is 9.59 Å². The van der Waals surface area contributed by atoms with E-state index in [1.165, 1.54) is 4.88 Å². The molecule has 2 aliphatic heterocycles. The summed E-state index contributed by atoms with van der Waals surface area (Å²) in [4.78, 5) is 35.6. The summed E-state index contributed by atoms with van der Waals surface area (Å²) in [6.07, 6.45) is 5.21. The molecule has 2 aromatic rings. The van der Waals surface area contributed by atoms with Crippen LogP contribution in [0.5, 0.6) is 0 Å². The minimum Gasteiger partial charge on any atom is -0.378 e. The fourth-order valence-corrected chi connectivity index (χ4v) is 5.71. The molecule has 1 saturated heterocycles. The quantitative estimate of drug-likeness (QED) is 0.743. The number of pyridine rings is 1. The second-order valence-corrected chi connectivity index (χ2v) is 9.25. The average Bonchev–Trinajstić information content (AvgIpc) is 3.18. The van der Waals surface area contributed by atoms with Crippen LogP contribution in [0.2, 0.25) is 0 Å². The van der Waals surface area contributed by atoms with E-state index in [9.17, 15) is 9.59 Å². The van der Waals surface area contributed by atoms with E-state index in [0.29, 0.717) is 13.1 Å². The highest BCUT2D eigenvalue weighted by molar-refractivity contribution is 7.15. The summed E-state index contributed by atoms with van der Waals surface area (Å²) < 4.78 is 7.04. The summed E-state index contributed by atoms with van der Waals surface area (Å²) in [7, 11) is 1.76. The maximum Gasteiger partial charge on any atom is 0.250 e. The van der Waals surface area contributed by atoms with Crippen molar-refractivity contribution in [2.75, 3.05) is 37.7 Å². The van der Waals surface area contributed by atoms with Gasteiger partial charge in [0, 0.05) is 62.7 Å². The number of morpholine rings is 1. The molecule has 1 atom stereocenters. The number of hydrogen-bond donors (Lipinski definition) is 0. The summed E-state index contributed by atoms with van der Waals surface area (Å²) in [5.74, 6) is 0.243. The smallest absolute Gasteiger partial charge is 0.250 e. The van der Waals surface area contributed by atoms with Crippen LogP contribution < -0.4 is 10.5 Å². The Morgan fingerprint density at radius 1 is 1.21 bits per heavy atom. The Morgan fingerprint density at radius 2 is 2.03 bits per heavy atom. The number of nitrogens with zero attached hydrogens (tertiary/aromatic N) is 4. The molecule has 154 valence electrons. The van der Waals surface area contributed by atoms with Crippen molar-refractivity contribution in [3.8, 4) is 0 Å². The van der Waals surface area contributed by atoms with Gasteiger partial charge in [-0.15, -0.1) is 11.3 Å². The molecule has 0 N–H and O–H groups in total. The molecule has 4 heterocycles. The maximum absolute atomic E-state index is 13.2. The molecule has 0 bridgehead atoms. The van der Waals surface area contributed by atoms with Crippen molar-refractivity contribution in [2.24, 2.45) is 13.0 Å². The van der Waals surface area contributed by atoms with Crippen LogP contribution in [-0.4, -0.2) is 53.2 Å². The molecule has 1 fully saturated rings. The van der Waals surface area contributed by atoms with E-state index >= 15 is 0 Å². The molecule has 7 nitrogen and oxygen atoms in total. The first kappa shape index (κ1) is 18.8. The number of anilines is 1. The lowest BCUT2D eigenvalue weighted by Crippen LogP contribution is -2.42. The van der Waals surface area contributed by atoms with Gasteiger partial charge in [0.1, 0.15) is 0 Å². The Labute approximate surface area is 173 Å². The van der Waals surface area contributed by atoms with Gasteiger partial charge in [-0.1, -0.05) is 0 Å². The van der Waals surface area contributed by atoms with Gasteiger partial charge in [0.25, 0.3) is 5.56 Å². The largest absolute Gasteiger partial charge is 0.378 e. The van der Waals surface area contributed by atoms with Gasteiger partial charge in [-0.05, 0) is 30.4 Å². The molecule has 0 saturated carbocycles. The first-order valence-corrected chi connectivity index (χ1v) is 11.2. The molecule has 0 aromatic carbocycles. The third-order valence-electron chi connectivity index (χ3n) is 6.29. The summed E-state index contributed by atoms with van der Waals surface area (Å²) in [6, 6.07) is 1.71. The van der Waals surface area contributed by atoms with Crippen molar-refractivity contribution in [3.63, 3.8) is 0 Å². The minimum atomic E-state index is 0.0104.